The maximum absolute atomic E-state index is 13.1. The van der Waals surface area contributed by atoms with Crippen molar-refractivity contribution in [2.75, 3.05) is 13.1 Å². The first-order chi connectivity index (χ1) is 13.4. The van der Waals surface area contributed by atoms with Gasteiger partial charge in [0.15, 0.2) is 0 Å². The third kappa shape index (κ3) is 3.36. The van der Waals surface area contributed by atoms with Crippen molar-refractivity contribution in [1.29, 1.82) is 0 Å². The largest absolute Gasteiger partial charge is 0.354 e. The third-order valence-electron chi connectivity index (χ3n) is 5.28. The Morgan fingerprint density at radius 3 is 2.86 bits per heavy atom. The second kappa shape index (κ2) is 7.16. The van der Waals surface area contributed by atoms with Crippen LogP contribution in [0.2, 0.25) is 0 Å². The molecule has 1 N–H and O–H groups in total. The van der Waals surface area contributed by atoms with Crippen LogP contribution >= 0.6 is 0 Å². The molecule has 0 spiro atoms. The van der Waals surface area contributed by atoms with Crippen molar-refractivity contribution in [2.24, 2.45) is 13.0 Å². The number of aromatic nitrogens is 2. The molecular weight excluding hydrogens is 380 g/mol. The quantitative estimate of drug-likeness (QED) is 0.757. The molecule has 0 saturated carbocycles. The summed E-state index contributed by atoms with van der Waals surface area (Å²) >= 11 is 0. The summed E-state index contributed by atoms with van der Waals surface area (Å²) in [5.74, 6) is -0.230. The van der Waals surface area contributed by atoms with Crippen LogP contribution in [-0.2, 0) is 26.6 Å². The molecule has 1 aromatic heterocycles. The summed E-state index contributed by atoms with van der Waals surface area (Å²) in [6, 6.07) is 8.73. The summed E-state index contributed by atoms with van der Waals surface area (Å²) in [6.07, 6.45) is 2.86. The molecule has 1 aromatic carbocycles. The smallest absolute Gasteiger partial charge is 0.245 e. The number of aryl methyl sites for hydroxylation is 1. The molecule has 4 rings (SSSR count). The Hall–Kier alpha value is -2.49. The molecule has 2 fully saturated rings. The normalized spacial score (nSPS) is 24.8. The molecule has 148 valence electrons. The van der Waals surface area contributed by atoms with Crippen molar-refractivity contribution in [1.82, 2.24) is 19.4 Å². The monoisotopic (exact) mass is 402 g/mol. The van der Waals surface area contributed by atoms with Gasteiger partial charge < -0.3 is 10.1 Å². The SMILES string of the molecule is C=CC(=O)NC1CC2CN(S(=O)(=O)c3cccc(-c4ccnn4C)c3)CC2O1. The molecule has 0 radical (unpaired) electrons. The van der Waals surface area contributed by atoms with Gasteiger partial charge in [-0.2, -0.15) is 9.40 Å². The van der Waals surface area contributed by atoms with Crippen LogP contribution in [0.5, 0.6) is 0 Å². The van der Waals surface area contributed by atoms with Crippen LogP contribution in [0.25, 0.3) is 11.3 Å². The van der Waals surface area contributed by atoms with Crippen molar-refractivity contribution in [2.45, 2.75) is 23.6 Å². The van der Waals surface area contributed by atoms with Crippen LogP contribution in [0.3, 0.4) is 0 Å². The number of nitrogens with one attached hydrogen (secondary N) is 1. The summed E-state index contributed by atoms with van der Waals surface area (Å²) in [7, 11) is -1.82. The molecule has 9 heteroatoms. The Labute approximate surface area is 163 Å². The number of hydrogen-bond acceptors (Lipinski definition) is 5. The van der Waals surface area contributed by atoms with Crippen molar-refractivity contribution in [3.05, 3.63) is 49.2 Å². The van der Waals surface area contributed by atoms with Crippen molar-refractivity contribution in [3.63, 3.8) is 0 Å². The Bertz CT molecular complexity index is 1000. The number of amides is 1. The van der Waals surface area contributed by atoms with Crippen LogP contribution in [0.4, 0.5) is 0 Å². The highest BCUT2D eigenvalue weighted by Crippen LogP contribution is 2.35. The number of ether oxygens (including phenoxy) is 1. The van der Waals surface area contributed by atoms with Gasteiger partial charge in [-0.1, -0.05) is 18.7 Å². The average molecular weight is 402 g/mol. The molecule has 0 aliphatic carbocycles. The van der Waals surface area contributed by atoms with Crippen LogP contribution in [-0.4, -0.2) is 53.8 Å². The van der Waals surface area contributed by atoms with Gasteiger partial charge in [-0.15, -0.1) is 0 Å². The van der Waals surface area contributed by atoms with E-state index < -0.39 is 16.3 Å². The van der Waals surface area contributed by atoms with Gasteiger partial charge in [-0.25, -0.2) is 8.42 Å². The first kappa shape index (κ1) is 18.9. The van der Waals surface area contributed by atoms with E-state index >= 15 is 0 Å². The lowest BCUT2D eigenvalue weighted by Crippen LogP contribution is -2.37. The maximum atomic E-state index is 13.1. The second-order valence-electron chi connectivity index (χ2n) is 7.06. The number of rotatable bonds is 5. The topological polar surface area (TPSA) is 93.5 Å². The standard InChI is InChI=1S/C19H22N4O4S/c1-3-18(24)21-19-10-14-11-23(12-17(14)27-19)28(25,26)15-6-4-5-13(9-15)16-7-8-20-22(16)2/h3-9,14,17,19H,1,10-12H2,2H3,(H,21,24). The molecule has 2 aliphatic rings. The van der Waals surface area contributed by atoms with Gasteiger partial charge >= 0.3 is 0 Å². The van der Waals surface area contributed by atoms with Gasteiger partial charge in [0.1, 0.15) is 6.23 Å². The van der Waals surface area contributed by atoms with E-state index in [-0.39, 0.29) is 29.4 Å². The lowest BCUT2D eigenvalue weighted by Gasteiger charge is -2.20. The van der Waals surface area contributed by atoms with E-state index in [1.165, 1.54) is 10.4 Å². The molecular formula is C19H22N4O4S. The van der Waals surface area contributed by atoms with Crippen LogP contribution in [0.15, 0.2) is 54.1 Å². The third-order valence-corrected chi connectivity index (χ3v) is 7.11. The number of carbonyl (C=O) groups is 1. The molecule has 2 aliphatic heterocycles. The molecule has 3 unspecified atom stereocenters. The van der Waals surface area contributed by atoms with E-state index in [1.807, 2.05) is 19.2 Å². The molecule has 2 aromatic rings. The Balaban J connectivity index is 1.50. The maximum Gasteiger partial charge on any atom is 0.245 e. The van der Waals surface area contributed by atoms with E-state index in [0.29, 0.717) is 13.0 Å². The molecule has 0 bridgehead atoms. The second-order valence-corrected chi connectivity index (χ2v) is 9.00. The fraction of sp³-hybridized carbons (Fsp3) is 0.368. The molecule has 1 amide bonds. The lowest BCUT2D eigenvalue weighted by atomic mass is 10.1. The minimum absolute atomic E-state index is 0.0603. The highest BCUT2D eigenvalue weighted by molar-refractivity contribution is 7.89. The number of nitrogens with zero attached hydrogens (tertiary/aromatic N) is 3. The van der Waals surface area contributed by atoms with Crippen LogP contribution in [0, 0.1) is 5.92 Å². The van der Waals surface area contributed by atoms with E-state index in [9.17, 15) is 13.2 Å². The fourth-order valence-corrected chi connectivity index (χ4v) is 5.41. The highest BCUT2D eigenvalue weighted by atomic mass is 32.2. The number of hydrogen-bond donors (Lipinski definition) is 1. The fourth-order valence-electron chi connectivity index (χ4n) is 3.85. The van der Waals surface area contributed by atoms with E-state index in [4.69, 9.17) is 4.74 Å². The summed E-state index contributed by atoms with van der Waals surface area (Å²) in [5, 5.41) is 6.85. The van der Waals surface area contributed by atoms with Crippen molar-refractivity contribution < 1.29 is 17.9 Å². The van der Waals surface area contributed by atoms with Gasteiger partial charge in [0.2, 0.25) is 15.9 Å². The zero-order chi connectivity index (χ0) is 19.9. The molecule has 2 saturated heterocycles. The van der Waals surface area contributed by atoms with Gasteiger partial charge in [-0.3, -0.25) is 9.48 Å². The van der Waals surface area contributed by atoms with Gasteiger partial charge in [-0.05, 0) is 30.7 Å². The van der Waals surface area contributed by atoms with Gasteiger partial charge in [0.25, 0.3) is 0 Å². The minimum atomic E-state index is -3.63. The molecule has 3 heterocycles. The zero-order valence-corrected chi connectivity index (χ0v) is 16.3. The van der Waals surface area contributed by atoms with E-state index in [0.717, 1.165) is 11.3 Å². The minimum Gasteiger partial charge on any atom is -0.354 e. The zero-order valence-electron chi connectivity index (χ0n) is 15.5. The van der Waals surface area contributed by atoms with Crippen molar-refractivity contribution >= 4 is 15.9 Å². The van der Waals surface area contributed by atoms with Gasteiger partial charge in [0, 0.05) is 37.8 Å². The van der Waals surface area contributed by atoms with Crippen molar-refractivity contribution in [3.8, 4) is 11.3 Å². The number of carbonyl (C=O) groups excluding carboxylic acids is 1. The Kier molecular flexibility index (Phi) is 4.82. The first-order valence-corrected chi connectivity index (χ1v) is 10.5. The summed E-state index contributed by atoms with van der Waals surface area (Å²) in [6.45, 7) is 4.08. The van der Waals surface area contributed by atoms with Crippen LogP contribution < -0.4 is 5.32 Å². The first-order valence-electron chi connectivity index (χ1n) is 9.05. The Morgan fingerprint density at radius 1 is 1.36 bits per heavy atom. The molecule has 8 nitrogen and oxygen atoms in total. The van der Waals surface area contributed by atoms with Gasteiger partial charge in [0.05, 0.1) is 16.7 Å². The lowest BCUT2D eigenvalue weighted by molar-refractivity contribution is -0.120. The number of fused-ring (bicyclic) bond motifs is 1. The highest BCUT2D eigenvalue weighted by Gasteiger charge is 2.46. The Morgan fingerprint density at radius 2 is 2.18 bits per heavy atom. The summed E-state index contributed by atoms with van der Waals surface area (Å²) < 4.78 is 35.3. The number of sulfonamides is 1. The average Bonchev–Trinajstić information content (AvgIpc) is 3.36. The predicted octanol–water partition coefficient (Wildman–Crippen LogP) is 1.12. The summed E-state index contributed by atoms with van der Waals surface area (Å²) in [5.41, 5.74) is 1.64. The van der Waals surface area contributed by atoms with Crippen LogP contribution in [0.1, 0.15) is 6.42 Å². The predicted molar refractivity (Wildman–Crippen MR) is 103 cm³/mol. The molecule has 28 heavy (non-hydrogen) atoms. The number of benzene rings is 1. The molecule has 3 atom stereocenters. The van der Waals surface area contributed by atoms with E-state index in [1.54, 1.807) is 29.1 Å². The van der Waals surface area contributed by atoms with E-state index in [2.05, 4.69) is 17.0 Å². The summed E-state index contributed by atoms with van der Waals surface area (Å²) in [4.78, 5) is 11.7.